The summed E-state index contributed by atoms with van der Waals surface area (Å²) in [5.41, 5.74) is 0.963. The first-order chi connectivity index (χ1) is 10.1. The van der Waals surface area contributed by atoms with Crippen molar-refractivity contribution in [2.75, 3.05) is 6.61 Å². The molecule has 2 aromatic heterocycles. The van der Waals surface area contributed by atoms with Crippen LogP contribution in [0.2, 0.25) is 0 Å². The minimum absolute atomic E-state index is 0.0191. The molecule has 0 fully saturated rings. The first-order valence-corrected chi connectivity index (χ1v) is 7.12. The third-order valence-electron chi connectivity index (χ3n) is 2.99. The van der Waals surface area contributed by atoms with Gasteiger partial charge < -0.3 is 14.6 Å². The van der Waals surface area contributed by atoms with E-state index in [9.17, 15) is 4.79 Å². The van der Waals surface area contributed by atoms with E-state index in [2.05, 4.69) is 24.1 Å². The number of nitrogens with zero attached hydrogens (tertiary/aromatic N) is 2. The van der Waals surface area contributed by atoms with Gasteiger partial charge in [0.25, 0.3) is 5.56 Å². The Labute approximate surface area is 124 Å². The molecule has 0 aliphatic rings. The van der Waals surface area contributed by atoms with Gasteiger partial charge in [-0.25, -0.2) is 0 Å². The maximum Gasteiger partial charge on any atom is 0.250 e. The van der Waals surface area contributed by atoms with Crippen LogP contribution >= 0.6 is 0 Å². The molecule has 0 saturated heterocycles. The summed E-state index contributed by atoms with van der Waals surface area (Å²) in [6, 6.07) is 9.38. The van der Waals surface area contributed by atoms with Gasteiger partial charge in [-0.1, -0.05) is 19.9 Å². The smallest absolute Gasteiger partial charge is 0.250 e. The molecule has 112 valence electrons. The number of nitrogens with one attached hydrogen (secondary N) is 1. The van der Waals surface area contributed by atoms with Crippen LogP contribution in [0.25, 0.3) is 0 Å². The molecule has 0 aliphatic carbocycles. The Bertz CT molecular complexity index is 605. The van der Waals surface area contributed by atoms with Gasteiger partial charge in [0.05, 0.1) is 18.4 Å². The molecule has 5 nitrogen and oxygen atoms in total. The first kappa shape index (κ1) is 15.3. The molecule has 2 rings (SSSR count). The van der Waals surface area contributed by atoms with Crippen LogP contribution < -0.4 is 15.6 Å². The summed E-state index contributed by atoms with van der Waals surface area (Å²) in [5, 5.41) is 3.31. The number of aromatic nitrogens is 2. The molecule has 0 spiro atoms. The average Bonchev–Trinajstić information content (AvgIpc) is 2.48. The van der Waals surface area contributed by atoms with E-state index in [1.54, 1.807) is 23.0 Å². The van der Waals surface area contributed by atoms with E-state index in [4.69, 9.17) is 4.74 Å². The Morgan fingerprint density at radius 2 is 2.14 bits per heavy atom. The molecule has 0 aliphatic heterocycles. The summed E-state index contributed by atoms with van der Waals surface area (Å²) >= 11 is 0. The van der Waals surface area contributed by atoms with Crippen LogP contribution in [-0.2, 0) is 13.1 Å². The fraction of sp³-hybridized carbons (Fsp3) is 0.375. The molecule has 2 aromatic rings. The van der Waals surface area contributed by atoms with Crippen molar-refractivity contribution < 1.29 is 4.74 Å². The van der Waals surface area contributed by atoms with E-state index >= 15 is 0 Å². The fourth-order valence-electron chi connectivity index (χ4n) is 1.82. The molecule has 0 amide bonds. The van der Waals surface area contributed by atoms with Gasteiger partial charge in [-0.2, -0.15) is 0 Å². The van der Waals surface area contributed by atoms with Crippen LogP contribution in [0.4, 0.5) is 0 Å². The Hall–Kier alpha value is -2.14. The van der Waals surface area contributed by atoms with Crippen LogP contribution in [0.3, 0.4) is 0 Å². The van der Waals surface area contributed by atoms with Gasteiger partial charge in [-0.15, -0.1) is 0 Å². The highest BCUT2D eigenvalue weighted by Crippen LogP contribution is 2.09. The summed E-state index contributed by atoms with van der Waals surface area (Å²) in [6.45, 7) is 5.91. The molecule has 2 heterocycles. The summed E-state index contributed by atoms with van der Waals surface area (Å²) < 4.78 is 7.22. The molecule has 0 radical (unpaired) electrons. The molecular formula is C16H21N3O2. The zero-order chi connectivity index (χ0) is 15.1. The van der Waals surface area contributed by atoms with Crippen molar-refractivity contribution in [1.82, 2.24) is 14.9 Å². The lowest BCUT2D eigenvalue weighted by Crippen LogP contribution is -2.22. The molecular weight excluding hydrogens is 266 g/mol. The van der Waals surface area contributed by atoms with Gasteiger partial charge in [-0.3, -0.25) is 9.78 Å². The Morgan fingerprint density at radius 3 is 2.81 bits per heavy atom. The van der Waals surface area contributed by atoms with E-state index in [0.717, 1.165) is 12.2 Å². The highest BCUT2D eigenvalue weighted by molar-refractivity contribution is 5.19. The van der Waals surface area contributed by atoms with Crippen molar-refractivity contribution in [3.63, 3.8) is 0 Å². The fourth-order valence-corrected chi connectivity index (χ4v) is 1.82. The van der Waals surface area contributed by atoms with Crippen molar-refractivity contribution in [2.45, 2.75) is 33.0 Å². The van der Waals surface area contributed by atoms with Crippen LogP contribution in [-0.4, -0.2) is 22.2 Å². The summed E-state index contributed by atoms with van der Waals surface area (Å²) in [6.07, 6.45) is 3.47. The van der Waals surface area contributed by atoms with Crippen molar-refractivity contribution in [1.29, 1.82) is 0 Å². The van der Waals surface area contributed by atoms with Crippen LogP contribution in [0, 0.1) is 0 Å². The Morgan fingerprint density at radius 1 is 1.29 bits per heavy atom. The first-order valence-electron chi connectivity index (χ1n) is 7.12. The molecule has 1 N–H and O–H groups in total. The van der Waals surface area contributed by atoms with E-state index in [0.29, 0.717) is 24.9 Å². The third kappa shape index (κ3) is 5.04. The second kappa shape index (κ2) is 7.59. The van der Waals surface area contributed by atoms with Gasteiger partial charge >= 0.3 is 0 Å². The van der Waals surface area contributed by atoms with Crippen molar-refractivity contribution in [2.24, 2.45) is 0 Å². The highest BCUT2D eigenvalue weighted by atomic mass is 16.5. The third-order valence-corrected chi connectivity index (χ3v) is 2.99. The number of ether oxygens (including phenoxy) is 1. The van der Waals surface area contributed by atoms with Crippen molar-refractivity contribution in [3.05, 3.63) is 58.8 Å². The van der Waals surface area contributed by atoms with E-state index in [1.165, 1.54) is 6.07 Å². The van der Waals surface area contributed by atoms with E-state index < -0.39 is 0 Å². The van der Waals surface area contributed by atoms with Crippen LogP contribution in [0.1, 0.15) is 19.5 Å². The maximum absolute atomic E-state index is 11.5. The van der Waals surface area contributed by atoms with Crippen LogP contribution in [0.15, 0.2) is 47.5 Å². The van der Waals surface area contributed by atoms with E-state index in [-0.39, 0.29) is 5.56 Å². The molecule has 0 bridgehead atoms. The second-order valence-electron chi connectivity index (χ2n) is 5.10. The monoisotopic (exact) mass is 287 g/mol. The lowest BCUT2D eigenvalue weighted by Gasteiger charge is -2.09. The number of pyridine rings is 2. The minimum Gasteiger partial charge on any atom is -0.490 e. The average molecular weight is 287 g/mol. The Kier molecular flexibility index (Phi) is 5.51. The number of rotatable bonds is 7. The molecule has 21 heavy (non-hydrogen) atoms. The normalized spacial score (nSPS) is 10.8. The largest absolute Gasteiger partial charge is 0.490 e. The number of hydrogen-bond donors (Lipinski definition) is 1. The molecule has 0 aromatic carbocycles. The quantitative estimate of drug-likeness (QED) is 0.844. The van der Waals surface area contributed by atoms with Gasteiger partial charge in [0.1, 0.15) is 12.4 Å². The van der Waals surface area contributed by atoms with Crippen molar-refractivity contribution >= 4 is 0 Å². The summed E-state index contributed by atoms with van der Waals surface area (Å²) in [4.78, 5) is 15.9. The van der Waals surface area contributed by atoms with Gasteiger partial charge in [-0.05, 0) is 18.2 Å². The zero-order valence-electron chi connectivity index (χ0n) is 12.5. The Balaban J connectivity index is 1.81. The molecule has 0 unspecified atom stereocenters. The molecule has 0 atom stereocenters. The summed E-state index contributed by atoms with van der Waals surface area (Å²) in [5.74, 6) is 0.715. The lowest BCUT2D eigenvalue weighted by atomic mass is 10.3. The van der Waals surface area contributed by atoms with Crippen molar-refractivity contribution in [3.8, 4) is 5.75 Å². The minimum atomic E-state index is -0.0191. The predicted octanol–water partition coefficient (Wildman–Crippen LogP) is 1.82. The number of hydrogen-bond acceptors (Lipinski definition) is 4. The topological polar surface area (TPSA) is 56.1 Å². The zero-order valence-corrected chi connectivity index (χ0v) is 12.5. The highest BCUT2D eigenvalue weighted by Gasteiger charge is 1.99. The maximum atomic E-state index is 11.5. The van der Waals surface area contributed by atoms with E-state index in [1.807, 2.05) is 18.2 Å². The second-order valence-corrected chi connectivity index (χ2v) is 5.10. The molecule has 0 saturated carbocycles. The molecule has 5 heteroatoms. The standard InChI is InChI=1S/C16H21N3O2/c1-13(2)17-11-14-6-7-15(12-18-14)21-10-9-19-8-4-3-5-16(19)20/h3-8,12-13,17H,9-11H2,1-2H3. The lowest BCUT2D eigenvalue weighted by molar-refractivity contribution is 0.295. The van der Waals surface area contributed by atoms with Gasteiger partial charge in [0.2, 0.25) is 0 Å². The van der Waals surface area contributed by atoms with Crippen LogP contribution in [0.5, 0.6) is 5.75 Å². The van der Waals surface area contributed by atoms with Gasteiger partial charge in [0.15, 0.2) is 0 Å². The SMILES string of the molecule is CC(C)NCc1ccc(OCCn2ccccc2=O)cn1. The van der Waals surface area contributed by atoms with Gasteiger partial charge in [0, 0.05) is 24.8 Å². The predicted molar refractivity (Wildman–Crippen MR) is 82.4 cm³/mol. The summed E-state index contributed by atoms with van der Waals surface area (Å²) in [7, 11) is 0.